The molecule has 0 aliphatic carbocycles. The maximum atomic E-state index is 12.6. The van der Waals surface area contributed by atoms with Crippen molar-refractivity contribution in [1.29, 1.82) is 0 Å². The van der Waals surface area contributed by atoms with Crippen LogP contribution < -0.4 is 4.74 Å². The molecule has 1 aromatic rings. The summed E-state index contributed by atoms with van der Waals surface area (Å²) >= 11 is 0. The summed E-state index contributed by atoms with van der Waals surface area (Å²) in [5.74, 6) is 0.414. The number of methoxy groups -OCH3 is 2. The number of carbonyl (C=O) groups excluding carboxylic acids is 2. The van der Waals surface area contributed by atoms with Crippen molar-refractivity contribution < 1.29 is 19.1 Å². The summed E-state index contributed by atoms with van der Waals surface area (Å²) in [5, 5.41) is 0. The third-order valence-electron chi connectivity index (χ3n) is 3.85. The molecule has 0 spiro atoms. The standard InChI is InChI=1S/C16H21NO4/c1-20-14-8-6-12(7-9-14)16(19)17-10-4-3-5-13(17)11-15(18)21-2/h6-9,13H,3-5,10-11H2,1-2H3. The van der Waals surface area contributed by atoms with Gasteiger partial charge in [0.15, 0.2) is 0 Å². The molecule has 0 N–H and O–H groups in total. The number of hydrogen-bond acceptors (Lipinski definition) is 4. The molecule has 114 valence electrons. The molecule has 1 saturated heterocycles. The van der Waals surface area contributed by atoms with Gasteiger partial charge in [-0.25, -0.2) is 0 Å². The Morgan fingerprint density at radius 3 is 2.52 bits per heavy atom. The second-order valence-electron chi connectivity index (χ2n) is 5.16. The molecule has 1 aliphatic rings. The van der Waals surface area contributed by atoms with Crippen LogP contribution in [-0.2, 0) is 9.53 Å². The number of piperidine rings is 1. The maximum absolute atomic E-state index is 12.6. The lowest BCUT2D eigenvalue weighted by molar-refractivity contribution is -0.142. The van der Waals surface area contributed by atoms with Crippen LogP contribution in [0.3, 0.4) is 0 Å². The summed E-state index contributed by atoms with van der Waals surface area (Å²) in [7, 11) is 2.97. The van der Waals surface area contributed by atoms with Crippen LogP contribution in [0.2, 0.25) is 0 Å². The van der Waals surface area contributed by atoms with E-state index in [0.29, 0.717) is 12.1 Å². The molecule has 1 atom stereocenters. The quantitative estimate of drug-likeness (QED) is 0.798. The van der Waals surface area contributed by atoms with E-state index in [1.165, 1.54) is 7.11 Å². The average molecular weight is 291 g/mol. The van der Waals surface area contributed by atoms with Gasteiger partial charge in [-0.15, -0.1) is 0 Å². The minimum absolute atomic E-state index is 0.0359. The number of esters is 1. The second-order valence-corrected chi connectivity index (χ2v) is 5.16. The molecule has 1 aromatic carbocycles. The lowest BCUT2D eigenvalue weighted by atomic mass is 9.98. The Morgan fingerprint density at radius 2 is 1.90 bits per heavy atom. The molecule has 0 radical (unpaired) electrons. The number of hydrogen-bond donors (Lipinski definition) is 0. The van der Waals surface area contributed by atoms with Gasteiger partial charge in [-0.2, -0.15) is 0 Å². The smallest absolute Gasteiger partial charge is 0.307 e. The summed E-state index contributed by atoms with van der Waals surface area (Å²) in [4.78, 5) is 25.9. The molecule has 5 heteroatoms. The Balaban J connectivity index is 2.11. The van der Waals surface area contributed by atoms with Crippen molar-refractivity contribution >= 4 is 11.9 Å². The molecule has 1 heterocycles. The van der Waals surface area contributed by atoms with E-state index in [9.17, 15) is 9.59 Å². The summed E-state index contributed by atoms with van der Waals surface area (Å²) in [6.45, 7) is 0.687. The molecule has 0 saturated carbocycles. The van der Waals surface area contributed by atoms with Crippen molar-refractivity contribution in [3.05, 3.63) is 29.8 Å². The fraction of sp³-hybridized carbons (Fsp3) is 0.500. The van der Waals surface area contributed by atoms with Crippen molar-refractivity contribution in [1.82, 2.24) is 4.90 Å². The van der Waals surface area contributed by atoms with Crippen LogP contribution in [0.5, 0.6) is 5.75 Å². The minimum Gasteiger partial charge on any atom is -0.497 e. The van der Waals surface area contributed by atoms with Gasteiger partial charge in [0.2, 0.25) is 0 Å². The van der Waals surface area contributed by atoms with Crippen LogP contribution in [0.15, 0.2) is 24.3 Å². The van der Waals surface area contributed by atoms with Gasteiger partial charge in [-0.1, -0.05) is 0 Å². The number of nitrogens with zero attached hydrogens (tertiary/aromatic N) is 1. The van der Waals surface area contributed by atoms with E-state index >= 15 is 0 Å². The van der Waals surface area contributed by atoms with Gasteiger partial charge < -0.3 is 14.4 Å². The Morgan fingerprint density at radius 1 is 1.19 bits per heavy atom. The first-order valence-electron chi connectivity index (χ1n) is 7.17. The van der Waals surface area contributed by atoms with Crippen LogP contribution in [0.1, 0.15) is 36.0 Å². The summed E-state index contributed by atoms with van der Waals surface area (Å²) in [6, 6.07) is 6.98. The van der Waals surface area contributed by atoms with Crippen molar-refractivity contribution in [3.8, 4) is 5.75 Å². The van der Waals surface area contributed by atoms with E-state index in [2.05, 4.69) is 0 Å². The Bertz CT molecular complexity index is 498. The first-order chi connectivity index (χ1) is 10.2. The normalized spacial score (nSPS) is 18.2. The summed E-state index contributed by atoms with van der Waals surface area (Å²) in [5.41, 5.74) is 0.618. The number of carbonyl (C=O) groups is 2. The van der Waals surface area contributed by atoms with Gasteiger partial charge in [0, 0.05) is 18.2 Å². The minimum atomic E-state index is -0.269. The lowest BCUT2D eigenvalue weighted by Crippen LogP contribution is -2.44. The molecule has 1 fully saturated rings. The van der Waals surface area contributed by atoms with Gasteiger partial charge in [-0.3, -0.25) is 9.59 Å². The highest BCUT2D eigenvalue weighted by Gasteiger charge is 2.29. The third kappa shape index (κ3) is 3.74. The van der Waals surface area contributed by atoms with Crippen molar-refractivity contribution in [2.45, 2.75) is 31.7 Å². The second kappa shape index (κ2) is 7.11. The molecule has 1 amide bonds. The van der Waals surface area contributed by atoms with Crippen LogP contribution in [0.4, 0.5) is 0 Å². The van der Waals surface area contributed by atoms with E-state index in [1.807, 2.05) is 0 Å². The molecule has 2 rings (SSSR count). The van der Waals surface area contributed by atoms with E-state index in [4.69, 9.17) is 9.47 Å². The fourth-order valence-corrected chi connectivity index (χ4v) is 2.66. The zero-order valence-corrected chi connectivity index (χ0v) is 12.5. The average Bonchev–Trinajstić information content (AvgIpc) is 2.54. The van der Waals surface area contributed by atoms with Crippen LogP contribution >= 0.6 is 0 Å². The third-order valence-corrected chi connectivity index (χ3v) is 3.85. The van der Waals surface area contributed by atoms with Gasteiger partial charge >= 0.3 is 5.97 Å². The first-order valence-corrected chi connectivity index (χ1v) is 7.17. The number of rotatable bonds is 4. The number of amides is 1. The van der Waals surface area contributed by atoms with Crippen LogP contribution in [0.25, 0.3) is 0 Å². The molecular weight excluding hydrogens is 270 g/mol. The highest BCUT2D eigenvalue weighted by atomic mass is 16.5. The SMILES string of the molecule is COC(=O)CC1CCCCN1C(=O)c1ccc(OC)cc1. The zero-order valence-electron chi connectivity index (χ0n) is 12.5. The predicted octanol–water partition coefficient (Wildman–Crippen LogP) is 2.25. The molecule has 21 heavy (non-hydrogen) atoms. The monoisotopic (exact) mass is 291 g/mol. The largest absolute Gasteiger partial charge is 0.497 e. The number of likely N-dealkylation sites (tertiary alicyclic amines) is 1. The van der Waals surface area contributed by atoms with E-state index in [0.717, 1.165) is 25.0 Å². The first kappa shape index (κ1) is 15.4. The molecule has 0 aromatic heterocycles. The fourth-order valence-electron chi connectivity index (χ4n) is 2.66. The van der Waals surface area contributed by atoms with Crippen molar-refractivity contribution in [2.24, 2.45) is 0 Å². The molecular formula is C16H21NO4. The summed E-state index contributed by atoms with van der Waals surface area (Å²) < 4.78 is 9.82. The van der Waals surface area contributed by atoms with E-state index in [1.54, 1.807) is 36.3 Å². The molecule has 1 aliphatic heterocycles. The van der Waals surface area contributed by atoms with Gasteiger partial charge in [0.25, 0.3) is 5.91 Å². The molecule has 1 unspecified atom stereocenters. The van der Waals surface area contributed by atoms with Crippen LogP contribution in [0, 0.1) is 0 Å². The predicted molar refractivity (Wildman–Crippen MR) is 78.3 cm³/mol. The van der Waals surface area contributed by atoms with E-state index in [-0.39, 0.29) is 24.3 Å². The number of benzene rings is 1. The van der Waals surface area contributed by atoms with Crippen LogP contribution in [-0.4, -0.2) is 43.6 Å². The Labute approximate surface area is 124 Å². The van der Waals surface area contributed by atoms with E-state index < -0.39 is 0 Å². The molecule has 5 nitrogen and oxygen atoms in total. The summed E-state index contributed by atoms with van der Waals surface area (Å²) in [6.07, 6.45) is 3.11. The zero-order chi connectivity index (χ0) is 15.2. The topological polar surface area (TPSA) is 55.8 Å². The molecule has 0 bridgehead atoms. The lowest BCUT2D eigenvalue weighted by Gasteiger charge is -2.35. The van der Waals surface area contributed by atoms with Crippen molar-refractivity contribution in [3.63, 3.8) is 0 Å². The highest BCUT2D eigenvalue weighted by molar-refractivity contribution is 5.94. The van der Waals surface area contributed by atoms with Gasteiger partial charge in [-0.05, 0) is 43.5 Å². The Kier molecular flexibility index (Phi) is 5.20. The van der Waals surface area contributed by atoms with Gasteiger partial charge in [0.1, 0.15) is 5.75 Å². The Hall–Kier alpha value is -2.04. The van der Waals surface area contributed by atoms with Crippen molar-refractivity contribution in [2.75, 3.05) is 20.8 Å². The van der Waals surface area contributed by atoms with Gasteiger partial charge in [0.05, 0.1) is 20.6 Å². The highest BCUT2D eigenvalue weighted by Crippen LogP contribution is 2.23. The maximum Gasteiger partial charge on any atom is 0.307 e. The number of ether oxygens (including phenoxy) is 2.